The van der Waals surface area contributed by atoms with Gasteiger partial charge in [-0.1, -0.05) is 48.0 Å². The Morgan fingerprint density at radius 1 is 0.808 bits per heavy atom. The minimum Gasteiger partial charge on any atom is -0.354 e. The molecule has 0 saturated carbocycles. The molecule has 0 N–H and O–H groups in total. The summed E-state index contributed by atoms with van der Waals surface area (Å²) in [5.41, 5.74) is 4.97. The number of hydrogen-bond acceptors (Lipinski definition) is 4. The van der Waals surface area contributed by atoms with Crippen LogP contribution < -0.4 is 4.90 Å². The van der Waals surface area contributed by atoms with Crippen LogP contribution in [-0.2, 0) is 6.54 Å². The fraction of sp³-hybridized carbons (Fsp3) is 0.136. The van der Waals surface area contributed by atoms with Crippen LogP contribution in [0.3, 0.4) is 0 Å². The molecule has 0 amide bonds. The third kappa shape index (κ3) is 4.78. The number of nitrogens with zero attached hydrogens (tertiary/aromatic N) is 4. The van der Waals surface area contributed by atoms with Crippen LogP contribution in [0.25, 0.3) is 0 Å². The second-order valence-electron chi connectivity index (χ2n) is 6.05. The van der Waals surface area contributed by atoms with Gasteiger partial charge in [-0.3, -0.25) is 0 Å². The summed E-state index contributed by atoms with van der Waals surface area (Å²) >= 11 is 0. The van der Waals surface area contributed by atoms with Gasteiger partial charge in [-0.05, 0) is 48.9 Å². The number of benzene rings is 3. The van der Waals surface area contributed by atoms with E-state index in [2.05, 4.69) is 28.4 Å². The summed E-state index contributed by atoms with van der Waals surface area (Å²) in [5.74, 6) is 0. The fourth-order valence-corrected chi connectivity index (χ4v) is 2.58. The van der Waals surface area contributed by atoms with Gasteiger partial charge in [0, 0.05) is 12.2 Å². The predicted molar refractivity (Wildman–Crippen MR) is 105 cm³/mol. The van der Waals surface area contributed by atoms with Gasteiger partial charge in [0.15, 0.2) is 0 Å². The molecule has 0 heterocycles. The van der Waals surface area contributed by atoms with Crippen molar-refractivity contribution in [3.63, 3.8) is 0 Å². The van der Waals surface area contributed by atoms with Gasteiger partial charge in [0.2, 0.25) is 0 Å². The summed E-state index contributed by atoms with van der Waals surface area (Å²) < 4.78 is 0. The van der Waals surface area contributed by atoms with Gasteiger partial charge in [0.05, 0.1) is 17.4 Å². The molecular weight excluding hydrogens is 320 g/mol. The standard InChI is InChI=1S/C22H20N4/c1-18-7-9-20(10-8-18)24-25-21-11-13-22(14-12-21)26(16-15-23)17-19-5-3-2-4-6-19/h2-14H,16-17H2,1H3. The number of anilines is 1. The molecule has 0 spiro atoms. The highest BCUT2D eigenvalue weighted by Crippen LogP contribution is 2.23. The average molecular weight is 340 g/mol. The molecule has 0 aromatic heterocycles. The second-order valence-corrected chi connectivity index (χ2v) is 6.05. The summed E-state index contributed by atoms with van der Waals surface area (Å²) in [6.45, 7) is 3.07. The lowest BCUT2D eigenvalue weighted by molar-refractivity contribution is 0.872. The molecule has 0 fully saturated rings. The maximum Gasteiger partial charge on any atom is 0.106 e. The Bertz CT molecular complexity index is 892. The quantitative estimate of drug-likeness (QED) is 0.412. The van der Waals surface area contributed by atoms with Crippen molar-refractivity contribution >= 4 is 17.1 Å². The lowest BCUT2D eigenvalue weighted by atomic mass is 10.2. The van der Waals surface area contributed by atoms with E-state index in [1.807, 2.05) is 78.6 Å². The van der Waals surface area contributed by atoms with Crippen LogP contribution in [0.2, 0.25) is 0 Å². The van der Waals surface area contributed by atoms with E-state index in [1.165, 1.54) is 11.1 Å². The monoisotopic (exact) mass is 340 g/mol. The van der Waals surface area contributed by atoms with Crippen LogP contribution in [-0.4, -0.2) is 6.54 Å². The Morgan fingerprint density at radius 3 is 1.96 bits per heavy atom. The van der Waals surface area contributed by atoms with Gasteiger partial charge in [-0.2, -0.15) is 15.5 Å². The third-order valence-corrected chi connectivity index (χ3v) is 4.01. The molecule has 0 saturated heterocycles. The van der Waals surface area contributed by atoms with Crippen LogP contribution in [0.5, 0.6) is 0 Å². The van der Waals surface area contributed by atoms with Gasteiger partial charge >= 0.3 is 0 Å². The fourth-order valence-electron chi connectivity index (χ4n) is 2.58. The van der Waals surface area contributed by atoms with Crippen molar-refractivity contribution in [1.29, 1.82) is 5.26 Å². The molecule has 0 aliphatic carbocycles. The van der Waals surface area contributed by atoms with Crippen molar-refractivity contribution in [2.24, 2.45) is 10.2 Å². The van der Waals surface area contributed by atoms with Crippen molar-refractivity contribution in [2.45, 2.75) is 13.5 Å². The van der Waals surface area contributed by atoms with Crippen LogP contribution in [0.15, 0.2) is 89.1 Å². The first-order chi connectivity index (χ1) is 12.7. The highest BCUT2D eigenvalue weighted by Gasteiger charge is 2.07. The lowest BCUT2D eigenvalue weighted by Crippen LogP contribution is -2.22. The molecule has 26 heavy (non-hydrogen) atoms. The van der Waals surface area contributed by atoms with E-state index in [0.29, 0.717) is 13.1 Å². The minimum absolute atomic E-state index is 0.332. The Balaban J connectivity index is 1.72. The molecule has 128 valence electrons. The zero-order chi connectivity index (χ0) is 18.2. The molecule has 3 aromatic carbocycles. The first-order valence-corrected chi connectivity index (χ1v) is 8.49. The summed E-state index contributed by atoms with van der Waals surface area (Å²) in [4.78, 5) is 2.04. The molecule has 0 aliphatic rings. The Labute approximate surface area is 154 Å². The highest BCUT2D eigenvalue weighted by atomic mass is 15.1. The van der Waals surface area contributed by atoms with Crippen LogP contribution >= 0.6 is 0 Å². The van der Waals surface area contributed by atoms with Gasteiger partial charge in [0.25, 0.3) is 0 Å². The number of rotatable bonds is 6. The average Bonchev–Trinajstić information content (AvgIpc) is 2.68. The third-order valence-electron chi connectivity index (χ3n) is 4.01. The van der Waals surface area contributed by atoms with Crippen LogP contribution in [0.1, 0.15) is 11.1 Å². The van der Waals surface area contributed by atoms with E-state index >= 15 is 0 Å². The van der Waals surface area contributed by atoms with Crippen molar-refractivity contribution in [2.75, 3.05) is 11.4 Å². The molecular formula is C22H20N4. The summed E-state index contributed by atoms with van der Waals surface area (Å²) in [6.07, 6.45) is 0. The lowest BCUT2D eigenvalue weighted by Gasteiger charge is -2.22. The first kappa shape index (κ1) is 17.4. The van der Waals surface area contributed by atoms with Gasteiger partial charge in [-0.25, -0.2) is 0 Å². The first-order valence-electron chi connectivity index (χ1n) is 8.49. The summed E-state index contributed by atoms with van der Waals surface area (Å²) in [6, 6.07) is 28.1. The summed E-state index contributed by atoms with van der Waals surface area (Å²) in [7, 11) is 0. The van der Waals surface area contributed by atoms with E-state index in [1.54, 1.807) is 0 Å². The topological polar surface area (TPSA) is 51.8 Å². The maximum atomic E-state index is 9.14. The number of aryl methyl sites for hydroxylation is 1. The maximum absolute atomic E-state index is 9.14. The number of azo groups is 1. The van der Waals surface area contributed by atoms with Crippen LogP contribution in [0.4, 0.5) is 17.1 Å². The molecule has 0 unspecified atom stereocenters. The Morgan fingerprint density at radius 2 is 1.38 bits per heavy atom. The molecule has 0 atom stereocenters. The van der Waals surface area contributed by atoms with Gasteiger partial charge in [0.1, 0.15) is 6.54 Å². The molecule has 0 bridgehead atoms. The van der Waals surface area contributed by atoms with Crippen molar-refractivity contribution in [3.05, 3.63) is 90.0 Å². The molecule has 0 radical (unpaired) electrons. The number of nitriles is 1. The normalized spacial score (nSPS) is 10.6. The molecule has 4 nitrogen and oxygen atoms in total. The Hall–Kier alpha value is -3.45. The van der Waals surface area contributed by atoms with Crippen molar-refractivity contribution < 1.29 is 0 Å². The summed E-state index contributed by atoms with van der Waals surface area (Å²) in [5, 5.41) is 17.7. The van der Waals surface area contributed by atoms with E-state index < -0.39 is 0 Å². The zero-order valence-corrected chi connectivity index (χ0v) is 14.7. The molecule has 0 aliphatic heterocycles. The van der Waals surface area contributed by atoms with Crippen LogP contribution in [0, 0.1) is 18.3 Å². The molecule has 4 heteroatoms. The van der Waals surface area contributed by atoms with E-state index in [4.69, 9.17) is 5.26 Å². The predicted octanol–water partition coefficient (Wildman–Crippen LogP) is 5.94. The second kappa shape index (κ2) is 8.59. The molecule has 3 rings (SSSR count). The minimum atomic E-state index is 0.332. The number of hydrogen-bond donors (Lipinski definition) is 0. The van der Waals surface area contributed by atoms with E-state index in [9.17, 15) is 0 Å². The van der Waals surface area contributed by atoms with Gasteiger partial charge < -0.3 is 4.90 Å². The van der Waals surface area contributed by atoms with E-state index in [0.717, 1.165) is 17.1 Å². The van der Waals surface area contributed by atoms with Crippen molar-refractivity contribution in [1.82, 2.24) is 0 Å². The SMILES string of the molecule is Cc1ccc(N=Nc2ccc(N(CC#N)Cc3ccccc3)cc2)cc1. The Kier molecular flexibility index (Phi) is 5.74. The largest absolute Gasteiger partial charge is 0.354 e. The zero-order valence-electron chi connectivity index (χ0n) is 14.7. The van der Waals surface area contributed by atoms with Gasteiger partial charge in [-0.15, -0.1) is 0 Å². The highest BCUT2D eigenvalue weighted by molar-refractivity contribution is 5.54. The molecule has 3 aromatic rings. The van der Waals surface area contributed by atoms with E-state index in [-0.39, 0.29) is 0 Å². The smallest absolute Gasteiger partial charge is 0.106 e. The van der Waals surface area contributed by atoms with Crippen molar-refractivity contribution in [3.8, 4) is 6.07 Å².